The van der Waals surface area contributed by atoms with Gasteiger partial charge in [-0.05, 0) is 31.0 Å². The molecule has 0 aliphatic carbocycles. The van der Waals surface area contributed by atoms with Crippen molar-refractivity contribution in [3.05, 3.63) is 35.6 Å². The Morgan fingerprint density at radius 3 is 2.40 bits per heavy atom. The third-order valence-corrected chi connectivity index (χ3v) is 2.34. The van der Waals surface area contributed by atoms with Crippen molar-refractivity contribution >= 4 is 0 Å². The van der Waals surface area contributed by atoms with Crippen LogP contribution in [0, 0.1) is 5.82 Å². The van der Waals surface area contributed by atoms with Crippen molar-refractivity contribution in [3.8, 4) is 0 Å². The lowest BCUT2D eigenvalue weighted by atomic mass is 10.0. The maximum absolute atomic E-state index is 12.7. The lowest BCUT2D eigenvalue weighted by Crippen LogP contribution is -2.28. The van der Waals surface area contributed by atoms with E-state index in [1.807, 2.05) is 0 Å². The zero-order valence-corrected chi connectivity index (χ0v) is 9.20. The number of benzene rings is 1. The standard InChI is InChI=1S/C12H18FNO/c1-3-12(14-8-9(2)15)10-4-6-11(13)7-5-10/h4-7,9,12,14-15H,3,8H2,1-2H3/t9-,12?/m0/s1. The Labute approximate surface area is 90.1 Å². The Hall–Kier alpha value is -0.930. The molecule has 0 saturated carbocycles. The number of aliphatic hydroxyl groups is 1. The van der Waals surface area contributed by atoms with Crippen molar-refractivity contribution in [2.24, 2.45) is 0 Å². The minimum atomic E-state index is -0.362. The molecule has 1 rings (SSSR count). The number of aliphatic hydroxyl groups excluding tert-OH is 1. The molecular weight excluding hydrogens is 193 g/mol. The first kappa shape index (κ1) is 12.1. The van der Waals surface area contributed by atoms with Crippen LogP contribution in [0.25, 0.3) is 0 Å². The van der Waals surface area contributed by atoms with Crippen LogP contribution in [0.1, 0.15) is 31.9 Å². The molecule has 0 aliphatic heterocycles. The molecule has 0 amide bonds. The van der Waals surface area contributed by atoms with E-state index in [4.69, 9.17) is 5.11 Å². The van der Waals surface area contributed by atoms with E-state index in [0.29, 0.717) is 6.54 Å². The molecule has 2 atom stereocenters. The molecule has 0 heterocycles. The lowest BCUT2D eigenvalue weighted by molar-refractivity contribution is 0.185. The van der Waals surface area contributed by atoms with Gasteiger partial charge in [0.25, 0.3) is 0 Å². The predicted molar refractivity (Wildman–Crippen MR) is 59.1 cm³/mol. The summed E-state index contributed by atoms with van der Waals surface area (Å²) < 4.78 is 12.7. The van der Waals surface area contributed by atoms with Crippen LogP contribution < -0.4 is 5.32 Å². The molecule has 2 nitrogen and oxygen atoms in total. The van der Waals surface area contributed by atoms with Crippen molar-refractivity contribution in [3.63, 3.8) is 0 Å². The molecular formula is C12H18FNO. The molecule has 3 heteroatoms. The molecule has 0 aromatic heterocycles. The van der Waals surface area contributed by atoms with E-state index in [-0.39, 0.29) is 18.0 Å². The number of rotatable bonds is 5. The Morgan fingerprint density at radius 2 is 1.93 bits per heavy atom. The zero-order chi connectivity index (χ0) is 11.3. The van der Waals surface area contributed by atoms with Crippen molar-refractivity contribution in [1.82, 2.24) is 5.32 Å². The van der Waals surface area contributed by atoms with Gasteiger partial charge in [-0.3, -0.25) is 0 Å². The van der Waals surface area contributed by atoms with Crippen LogP contribution in [-0.4, -0.2) is 17.8 Å². The first-order chi connectivity index (χ1) is 7.13. The topological polar surface area (TPSA) is 32.3 Å². The second-order valence-electron chi connectivity index (χ2n) is 3.77. The van der Waals surface area contributed by atoms with Gasteiger partial charge < -0.3 is 10.4 Å². The molecule has 0 fully saturated rings. The third kappa shape index (κ3) is 3.98. The third-order valence-electron chi connectivity index (χ3n) is 2.34. The summed E-state index contributed by atoms with van der Waals surface area (Å²) in [5.41, 5.74) is 1.06. The van der Waals surface area contributed by atoms with E-state index in [1.54, 1.807) is 19.1 Å². The van der Waals surface area contributed by atoms with Crippen LogP contribution in [0.3, 0.4) is 0 Å². The molecule has 15 heavy (non-hydrogen) atoms. The summed E-state index contributed by atoms with van der Waals surface area (Å²) in [7, 11) is 0. The molecule has 0 bridgehead atoms. The normalized spacial score (nSPS) is 14.9. The smallest absolute Gasteiger partial charge is 0.123 e. The maximum atomic E-state index is 12.7. The minimum Gasteiger partial charge on any atom is -0.392 e. The highest BCUT2D eigenvalue weighted by atomic mass is 19.1. The SMILES string of the molecule is CCC(NC[C@H](C)O)c1ccc(F)cc1. The quantitative estimate of drug-likeness (QED) is 0.783. The molecule has 1 aromatic rings. The van der Waals surface area contributed by atoms with Gasteiger partial charge >= 0.3 is 0 Å². The average Bonchev–Trinajstić information content (AvgIpc) is 2.21. The van der Waals surface area contributed by atoms with E-state index >= 15 is 0 Å². The molecule has 1 aromatic carbocycles. The van der Waals surface area contributed by atoms with E-state index in [9.17, 15) is 4.39 Å². The van der Waals surface area contributed by atoms with Gasteiger partial charge in [-0.1, -0.05) is 19.1 Å². The molecule has 1 unspecified atom stereocenters. The lowest BCUT2D eigenvalue weighted by Gasteiger charge is -2.18. The van der Waals surface area contributed by atoms with Gasteiger partial charge in [-0.15, -0.1) is 0 Å². The predicted octanol–water partition coefficient (Wildman–Crippen LogP) is 2.25. The summed E-state index contributed by atoms with van der Waals surface area (Å²) >= 11 is 0. The average molecular weight is 211 g/mol. The molecule has 0 saturated heterocycles. The van der Waals surface area contributed by atoms with Gasteiger partial charge in [0.1, 0.15) is 5.82 Å². The largest absolute Gasteiger partial charge is 0.392 e. The Balaban J connectivity index is 2.61. The van der Waals surface area contributed by atoms with Crippen molar-refractivity contribution in [2.45, 2.75) is 32.4 Å². The van der Waals surface area contributed by atoms with Gasteiger partial charge in [0.2, 0.25) is 0 Å². The fourth-order valence-electron chi connectivity index (χ4n) is 1.51. The first-order valence-electron chi connectivity index (χ1n) is 5.30. The number of nitrogens with one attached hydrogen (secondary N) is 1. The van der Waals surface area contributed by atoms with Crippen LogP contribution in [0.4, 0.5) is 4.39 Å². The highest BCUT2D eigenvalue weighted by molar-refractivity contribution is 5.19. The van der Waals surface area contributed by atoms with Crippen molar-refractivity contribution in [2.75, 3.05) is 6.54 Å². The van der Waals surface area contributed by atoms with Crippen LogP contribution in [0.5, 0.6) is 0 Å². The summed E-state index contributed by atoms with van der Waals surface area (Å²) in [6, 6.07) is 6.65. The summed E-state index contributed by atoms with van der Waals surface area (Å²) in [5.74, 6) is -0.218. The van der Waals surface area contributed by atoms with Crippen LogP contribution in [0.15, 0.2) is 24.3 Å². The summed E-state index contributed by atoms with van der Waals surface area (Å²) in [6.07, 6.45) is 0.553. The van der Waals surface area contributed by atoms with Gasteiger partial charge in [0, 0.05) is 12.6 Å². The van der Waals surface area contributed by atoms with Gasteiger partial charge in [0.15, 0.2) is 0 Å². The van der Waals surface area contributed by atoms with E-state index in [2.05, 4.69) is 12.2 Å². The molecule has 2 N–H and O–H groups in total. The molecule has 0 spiro atoms. The molecule has 84 valence electrons. The van der Waals surface area contributed by atoms with E-state index in [0.717, 1.165) is 12.0 Å². The van der Waals surface area contributed by atoms with Crippen LogP contribution >= 0.6 is 0 Å². The van der Waals surface area contributed by atoms with Gasteiger partial charge in [0.05, 0.1) is 6.10 Å². The van der Waals surface area contributed by atoms with Gasteiger partial charge in [-0.2, -0.15) is 0 Å². The van der Waals surface area contributed by atoms with Crippen LogP contribution in [-0.2, 0) is 0 Å². The summed E-state index contributed by atoms with van der Waals surface area (Å²) in [5, 5.41) is 12.4. The monoisotopic (exact) mass is 211 g/mol. The number of hydrogen-bond donors (Lipinski definition) is 2. The number of hydrogen-bond acceptors (Lipinski definition) is 2. The highest BCUT2D eigenvalue weighted by Crippen LogP contribution is 2.16. The second kappa shape index (κ2) is 5.83. The highest BCUT2D eigenvalue weighted by Gasteiger charge is 2.09. The molecule has 0 radical (unpaired) electrons. The zero-order valence-electron chi connectivity index (χ0n) is 9.20. The van der Waals surface area contributed by atoms with Gasteiger partial charge in [-0.25, -0.2) is 4.39 Å². The fourth-order valence-corrected chi connectivity index (χ4v) is 1.51. The molecule has 0 aliphatic rings. The summed E-state index contributed by atoms with van der Waals surface area (Å²) in [6.45, 7) is 4.35. The number of halogens is 1. The van der Waals surface area contributed by atoms with Crippen LogP contribution in [0.2, 0.25) is 0 Å². The second-order valence-corrected chi connectivity index (χ2v) is 3.77. The fraction of sp³-hybridized carbons (Fsp3) is 0.500. The maximum Gasteiger partial charge on any atom is 0.123 e. The Kier molecular flexibility index (Phi) is 4.72. The van der Waals surface area contributed by atoms with Crippen molar-refractivity contribution < 1.29 is 9.50 Å². The minimum absolute atomic E-state index is 0.181. The Bertz CT molecular complexity index is 284. The summed E-state index contributed by atoms with van der Waals surface area (Å²) in [4.78, 5) is 0. The van der Waals surface area contributed by atoms with E-state index in [1.165, 1.54) is 12.1 Å². The Morgan fingerprint density at radius 1 is 1.33 bits per heavy atom. The van der Waals surface area contributed by atoms with E-state index < -0.39 is 0 Å². The van der Waals surface area contributed by atoms with Crippen molar-refractivity contribution in [1.29, 1.82) is 0 Å². The first-order valence-corrected chi connectivity index (χ1v) is 5.30.